The van der Waals surface area contributed by atoms with Crippen LogP contribution in [0.1, 0.15) is 80.7 Å². The molecule has 143 heavy (non-hydrogen) atoms. The standard InChI is InChI=1S/4C34H22.2C2H6.3CH4.9H2/c4*1-2-12-25-22-26(21-20-23(25)10-1)33-29-15-5-7-17-31(29)34(32-18-8-6-16-30(32)33)28-19-9-13-24-11-3-4-14-27(24)28;2*1-2;;;;;;;;;;;;/h4*1-22H;2*1-2H3;3*1H4;9*1H/i;;;;;;3*1D;9*1+1D. The molecule has 702 valence electrons. The van der Waals surface area contributed by atoms with Gasteiger partial charge in [-0.2, -0.15) is 0 Å². The van der Waals surface area contributed by atoms with Gasteiger partial charge >= 0.3 is 0 Å². The molecule has 0 N–H and O–H groups in total. The van der Waals surface area contributed by atoms with E-state index in [0.29, 0.717) is 0 Å². The minimum absolute atomic E-state index is 1.25. The molecule has 0 saturated heterocycles. The van der Waals surface area contributed by atoms with Crippen LogP contribution in [-0.4, -0.2) is 0 Å². The average Bonchev–Trinajstić information content (AvgIpc) is 0.737. The Hall–Kier alpha value is -17.7. The van der Waals surface area contributed by atoms with E-state index in [4.69, 9.17) is 30.8 Å². The lowest BCUT2D eigenvalue weighted by Crippen LogP contribution is -1.91. The van der Waals surface area contributed by atoms with E-state index in [0.717, 1.165) is 0 Å². The van der Waals surface area contributed by atoms with E-state index >= 15 is 0 Å². The summed E-state index contributed by atoms with van der Waals surface area (Å²) in [5.41, 5.74) is 20.7. The fourth-order valence-corrected chi connectivity index (χ4v) is 22.1. The molecule has 28 aromatic rings. The fourth-order valence-electron chi connectivity index (χ4n) is 22.1. The first-order chi connectivity index (χ1) is 81.5. The van der Waals surface area contributed by atoms with Gasteiger partial charge in [0.1, 0.15) is 0 Å². The molecule has 0 unspecified atom stereocenters. The van der Waals surface area contributed by atoms with E-state index in [9.17, 15) is 0 Å². The maximum absolute atomic E-state index is 5.75. The summed E-state index contributed by atoms with van der Waals surface area (Å²) in [4.78, 5) is 0. The van der Waals surface area contributed by atoms with Gasteiger partial charge in [-0.05, 0) is 286 Å². The maximum Gasteiger partial charge on any atom is 0.0194 e. The zero-order chi connectivity index (χ0) is 118. The molecule has 0 heterocycles. The van der Waals surface area contributed by atoms with E-state index in [-0.39, 0.29) is 0 Å². The molecule has 0 spiro atoms. The molecule has 0 atom stereocenters. The minimum Gasteiger partial charge on any atom is -0.0776 e. The highest BCUT2D eigenvalue weighted by Crippen LogP contribution is 2.52. The minimum atomic E-state index is 1.25. The molecule has 0 fully saturated rings. The van der Waals surface area contributed by atoms with Crippen LogP contribution in [0.15, 0.2) is 534 Å². The van der Waals surface area contributed by atoms with Gasteiger partial charge in [0.05, 0.1) is 0 Å². The molecular weight excluding hydrogens is 1720 g/mol. The number of benzene rings is 28. The Kier molecular flexibility index (Phi) is 22.8. The average molecular weight is 1870 g/mol. The van der Waals surface area contributed by atoms with Gasteiger partial charge in [0.2, 0.25) is 0 Å². The first kappa shape index (κ1) is 79.3. The van der Waals surface area contributed by atoms with Crippen molar-refractivity contribution in [2.45, 2.75) is 49.9 Å². The van der Waals surface area contributed by atoms with E-state index < -0.39 is 0 Å². The fraction of sp³-hybridized carbons (Fsp3) is 0.0490. The first-order valence-electron chi connectivity index (χ1n) is 61.2. The largest absolute Gasteiger partial charge is 0.0776 e. The van der Waals surface area contributed by atoms with Crippen LogP contribution in [0.3, 0.4) is 0 Å². The molecule has 0 aliphatic carbocycles. The number of rotatable bonds is 8. The summed E-state index contributed by atoms with van der Waals surface area (Å²) in [7, 11) is 3.75. The van der Waals surface area contributed by atoms with Gasteiger partial charge in [-0.3, -0.25) is 0 Å². The smallest absolute Gasteiger partial charge is 0.0194 e. The van der Waals surface area contributed by atoms with Gasteiger partial charge in [-0.15, -0.1) is 0 Å². The van der Waals surface area contributed by atoms with Gasteiger partial charge < -0.3 is 0 Å². The predicted octanol–water partition coefficient (Wildman–Crippen LogP) is 44.7. The van der Waals surface area contributed by atoms with Crippen molar-refractivity contribution in [3.05, 3.63) is 534 Å². The third-order valence-corrected chi connectivity index (χ3v) is 28.1. The van der Waals surface area contributed by atoms with E-state index in [1.54, 1.807) is 0 Å². The molecule has 0 saturated carbocycles. The van der Waals surface area contributed by atoms with Crippen LogP contribution in [0.5, 0.6) is 0 Å². The monoisotopic (exact) mass is 1870 g/mol. The summed E-state index contributed by atoms with van der Waals surface area (Å²) in [6.07, 6.45) is 0. The molecular formula is C143H130. The Morgan fingerprint density at radius 2 is 0.238 bits per heavy atom. The van der Waals surface area contributed by atoms with Gasteiger partial charge in [0.25, 0.3) is 0 Å². The van der Waals surface area contributed by atoms with Crippen LogP contribution in [0.4, 0.5) is 0 Å². The highest BCUT2D eigenvalue weighted by atomic mass is 14.3. The molecule has 0 heteroatoms. The van der Waals surface area contributed by atoms with Crippen molar-refractivity contribution < 1.29 is 30.8 Å². The summed E-state index contributed by atoms with van der Waals surface area (Å²) in [5.74, 6) is 0. The molecule has 28 rings (SSSR count). The Morgan fingerprint density at radius 3 is 0.399 bits per heavy atom. The molecule has 0 amide bonds. The van der Waals surface area contributed by atoms with E-state index in [1.165, 1.54) is 284 Å². The number of fused-ring (bicyclic) bond motifs is 16. The van der Waals surface area contributed by atoms with Gasteiger partial charge in [0.15, 0.2) is 0 Å². The second kappa shape index (κ2) is 41.2. The zero-order valence-electron chi connectivity index (χ0n) is 103. The Bertz CT molecular complexity index is 8380. The Balaban J connectivity index is 0.000000191. The lowest BCUT2D eigenvalue weighted by Gasteiger charge is -2.19. The van der Waals surface area contributed by atoms with Crippen molar-refractivity contribution in [2.24, 2.45) is 0 Å². The lowest BCUT2D eigenvalue weighted by atomic mass is 9.84. The predicted molar refractivity (Wildman–Crippen MR) is 651 cm³/mol. The van der Waals surface area contributed by atoms with Gasteiger partial charge in [0, 0.05) is 30.8 Å². The lowest BCUT2D eigenvalue weighted by molar-refractivity contribution is 1.50. The molecule has 0 radical (unpaired) electrons. The topological polar surface area (TPSA) is 0 Å². The summed E-state index contributed by atoms with van der Waals surface area (Å²) in [6, 6.07) is 194. The Morgan fingerprint density at radius 1 is 0.119 bits per heavy atom. The van der Waals surface area contributed by atoms with Gasteiger partial charge in [-0.25, -0.2) is 0 Å². The van der Waals surface area contributed by atoms with Crippen molar-refractivity contribution in [3.8, 4) is 89.0 Å². The third kappa shape index (κ3) is 17.0. The second-order valence-corrected chi connectivity index (χ2v) is 35.7. The maximum atomic E-state index is 5.75. The summed E-state index contributed by atoms with van der Waals surface area (Å²) < 4.78 is 107. The van der Waals surface area contributed by atoms with Crippen LogP contribution in [0, 0.1) is 0 Å². The van der Waals surface area contributed by atoms with Crippen LogP contribution in [0.2, 0.25) is 0 Å². The summed E-state index contributed by atoms with van der Waals surface area (Å²) in [5, 5.41) is 41.1. The van der Waals surface area contributed by atoms with Crippen molar-refractivity contribution in [1.82, 2.24) is 0 Å². The van der Waals surface area contributed by atoms with Crippen LogP contribution >= 0.6 is 0 Å². The normalized spacial score (nSPS) is 11.7. The van der Waals surface area contributed by atoms with E-state index in [2.05, 4.69) is 534 Å². The van der Waals surface area contributed by atoms with Crippen LogP contribution in [-0.2, 0) is 0 Å². The quantitative estimate of drug-likeness (QED) is 0.133. The highest BCUT2D eigenvalue weighted by molar-refractivity contribution is 6.29. The van der Waals surface area contributed by atoms with Crippen molar-refractivity contribution >= 4 is 172 Å². The second-order valence-electron chi connectivity index (χ2n) is 35.7. The zero-order valence-corrected chi connectivity index (χ0v) is 81.8. The molecule has 0 aromatic heterocycles. The molecule has 28 aromatic carbocycles. The van der Waals surface area contributed by atoms with Crippen LogP contribution < -0.4 is 0 Å². The number of hydrogen-bond donors (Lipinski definition) is 0. The molecule has 0 bridgehead atoms. The van der Waals surface area contributed by atoms with Gasteiger partial charge in [-0.1, -0.05) is 559 Å². The molecule has 0 aliphatic heterocycles. The Labute approximate surface area is 871 Å². The third-order valence-electron chi connectivity index (χ3n) is 28.1. The van der Waals surface area contributed by atoms with Crippen LogP contribution in [0.25, 0.3) is 261 Å². The van der Waals surface area contributed by atoms with Crippen molar-refractivity contribution in [1.29, 1.82) is 0 Å². The molecule has 0 nitrogen and oxygen atoms in total. The van der Waals surface area contributed by atoms with Crippen molar-refractivity contribution in [2.75, 3.05) is 0 Å². The highest BCUT2D eigenvalue weighted by Gasteiger charge is 2.25. The number of hydrogen-bond acceptors (Lipinski definition) is 0. The SMILES string of the molecule is CC.CC.[2H]C.[2H]C.[2H]C.[2H][2H].[2H][2H].[2H][2H].[2H][2H].[2H][2H].[2H][2H].[2H][2H].[2H][2H].[2H][2H].c1ccc2cc(-c3c4ccccc4c(-c4cccc5ccccc45)c4ccccc34)ccc2c1.c1ccc2cc(-c3c4ccccc4c(-c4cccc5ccccc45)c4ccccc34)ccc2c1.c1ccc2cc(-c3c4ccccc4c(-c4cccc5ccccc45)c4ccccc34)ccc2c1.c1ccc2cc(-c3c4ccccc4c(-c4cccc5ccccc45)c4ccccc34)ccc2c1. The first-order valence-corrected chi connectivity index (χ1v) is 49.2. The van der Waals surface area contributed by atoms with Crippen molar-refractivity contribution in [3.63, 3.8) is 0 Å². The molecule has 0 aliphatic rings. The summed E-state index contributed by atoms with van der Waals surface area (Å²) in [6.45, 7) is 8.00. The summed E-state index contributed by atoms with van der Waals surface area (Å²) >= 11 is 0. The van der Waals surface area contributed by atoms with E-state index in [1.807, 2.05) is 27.7 Å².